The number of aliphatic hydroxyl groups is 1. The maximum Gasteiger partial charge on any atom is 0.217 e. The Kier molecular flexibility index (Phi) is 7.88. The average molecular weight is 376 g/mol. The fourth-order valence-corrected chi connectivity index (χ4v) is 3.12. The van der Waals surface area contributed by atoms with Crippen molar-refractivity contribution in [2.45, 2.75) is 38.8 Å². The van der Waals surface area contributed by atoms with Gasteiger partial charge in [0.15, 0.2) is 0 Å². The highest BCUT2D eigenvalue weighted by atomic mass is 19.1. The molecule has 2 rings (SSSR count). The number of hydrogen-bond acceptors (Lipinski definition) is 3. The lowest BCUT2D eigenvalue weighted by atomic mass is 9.90. The molecule has 2 aromatic carbocycles. The Morgan fingerprint density at radius 2 is 1.78 bits per heavy atom. The molecule has 0 heterocycles. The fraction of sp³-hybridized carbons (Fsp3) is 0.381. The predicted octanol–water partition coefficient (Wildman–Crippen LogP) is 2.71. The van der Waals surface area contributed by atoms with E-state index in [1.54, 1.807) is 0 Å². The molecule has 0 fully saturated rings. The van der Waals surface area contributed by atoms with Gasteiger partial charge < -0.3 is 16.2 Å². The lowest BCUT2D eigenvalue weighted by Crippen LogP contribution is -2.36. The van der Waals surface area contributed by atoms with Crippen molar-refractivity contribution in [2.24, 2.45) is 11.7 Å². The zero-order valence-corrected chi connectivity index (χ0v) is 15.4. The Morgan fingerprint density at radius 1 is 1.11 bits per heavy atom. The molecule has 0 saturated heterocycles. The molecule has 0 radical (unpaired) electrons. The van der Waals surface area contributed by atoms with Crippen molar-refractivity contribution < 1.29 is 18.7 Å². The highest BCUT2D eigenvalue weighted by molar-refractivity contribution is 5.74. The third kappa shape index (κ3) is 7.07. The van der Waals surface area contributed by atoms with E-state index >= 15 is 0 Å². The summed E-state index contributed by atoms with van der Waals surface area (Å²) < 4.78 is 26.8. The van der Waals surface area contributed by atoms with Gasteiger partial charge in [-0.05, 0) is 47.6 Å². The van der Waals surface area contributed by atoms with E-state index in [2.05, 4.69) is 24.4 Å². The number of carbonyl (C=O) groups excluding carboxylic acids is 1. The second-order valence-corrected chi connectivity index (χ2v) is 6.78. The zero-order chi connectivity index (χ0) is 19.8. The molecule has 0 bridgehead atoms. The first-order chi connectivity index (χ1) is 12.9. The Hall–Kier alpha value is -2.31. The van der Waals surface area contributed by atoms with Gasteiger partial charge in [-0.25, -0.2) is 8.78 Å². The number of nitrogens with two attached hydrogens (primary N) is 1. The van der Waals surface area contributed by atoms with Gasteiger partial charge in [0, 0.05) is 25.6 Å². The van der Waals surface area contributed by atoms with Crippen LogP contribution < -0.4 is 11.1 Å². The molecule has 2 atom stereocenters. The van der Waals surface area contributed by atoms with Crippen LogP contribution in [0.4, 0.5) is 8.78 Å². The number of aliphatic hydroxyl groups excluding tert-OH is 1. The van der Waals surface area contributed by atoms with Crippen LogP contribution in [-0.2, 0) is 24.2 Å². The maximum atomic E-state index is 13.4. The molecule has 0 aromatic heterocycles. The van der Waals surface area contributed by atoms with Crippen molar-refractivity contribution in [3.8, 4) is 0 Å². The van der Waals surface area contributed by atoms with Crippen molar-refractivity contribution in [1.82, 2.24) is 5.32 Å². The van der Waals surface area contributed by atoms with E-state index < -0.39 is 29.6 Å². The normalized spacial score (nSPS) is 13.3. The second-order valence-electron chi connectivity index (χ2n) is 6.78. The fourth-order valence-electron chi connectivity index (χ4n) is 3.12. The molecule has 1 amide bonds. The topological polar surface area (TPSA) is 75.3 Å². The standard InChI is InChI=1S/C21H26F2N2O2/c1-2-14-4-3-5-15(6-14)12-25-13-20(26)17(10-21(24)27)7-16-8-18(22)11-19(23)9-16/h3-6,8-9,11,17,20,25-26H,2,7,10,12-13H2,1H3,(H2,24,27)/t17-,20-/m0/s1. The Bertz CT molecular complexity index is 747. The molecule has 4 nitrogen and oxygen atoms in total. The minimum atomic E-state index is -0.877. The summed E-state index contributed by atoms with van der Waals surface area (Å²) in [4.78, 5) is 11.3. The van der Waals surface area contributed by atoms with E-state index in [0.29, 0.717) is 12.1 Å². The number of aryl methyl sites for hydroxylation is 1. The minimum absolute atomic E-state index is 0.0632. The van der Waals surface area contributed by atoms with Crippen molar-refractivity contribution in [2.75, 3.05) is 6.54 Å². The summed E-state index contributed by atoms with van der Waals surface area (Å²) in [7, 11) is 0. The van der Waals surface area contributed by atoms with Gasteiger partial charge in [-0.3, -0.25) is 4.79 Å². The molecule has 4 N–H and O–H groups in total. The largest absolute Gasteiger partial charge is 0.391 e. The van der Waals surface area contributed by atoms with Crippen LogP contribution in [-0.4, -0.2) is 23.7 Å². The average Bonchev–Trinajstić information content (AvgIpc) is 2.60. The van der Waals surface area contributed by atoms with Crippen LogP contribution in [0.5, 0.6) is 0 Å². The van der Waals surface area contributed by atoms with Crippen LogP contribution in [0.2, 0.25) is 0 Å². The molecular weight excluding hydrogens is 350 g/mol. The third-order valence-corrected chi connectivity index (χ3v) is 4.51. The SMILES string of the molecule is CCc1cccc(CNC[C@H](O)[C@H](CC(N)=O)Cc2cc(F)cc(F)c2)c1. The lowest BCUT2D eigenvalue weighted by molar-refractivity contribution is -0.119. The molecule has 27 heavy (non-hydrogen) atoms. The predicted molar refractivity (Wildman–Crippen MR) is 101 cm³/mol. The summed E-state index contributed by atoms with van der Waals surface area (Å²) in [5.41, 5.74) is 7.99. The van der Waals surface area contributed by atoms with Gasteiger partial charge in [0.05, 0.1) is 6.10 Å². The summed E-state index contributed by atoms with van der Waals surface area (Å²) >= 11 is 0. The second kappa shape index (κ2) is 10.1. The molecule has 0 unspecified atom stereocenters. The van der Waals surface area contributed by atoms with Gasteiger partial charge in [-0.15, -0.1) is 0 Å². The Balaban J connectivity index is 1.96. The van der Waals surface area contributed by atoms with Crippen molar-refractivity contribution in [3.05, 3.63) is 70.8 Å². The summed E-state index contributed by atoms with van der Waals surface area (Å²) in [5, 5.41) is 13.6. The number of nitrogens with one attached hydrogen (secondary N) is 1. The number of carbonyl (C=O) groups is 1. The molecule has 0 aliphatic carbocycles. The number of benzene rings is 2. The van der Waals surface area contributed by atoms with Crippen molar-refractivity contribution >= 4 is 5.91 Å². The molecule has 0 aliphatic heterocycles. The van der Waals surface area contributed by atoms with Gasteiger partial charge >= 0.3 is 0 Å². The van der Waals surface area contributed by atoms with Gasteiger partial charge in [0.2, 0.25) is 5.91 Å². The van der Waals surface area contributed by atoms with Crippen LogP contribution in [0.1, 0.15) is 30.0 Å². The smallest absolute Gasteiger partial charge is 0.217 e. The summed E-state index contributed by atoms with van der Waals surface area (Å²) in [6.07, 6.45) is 0.164. The Labute approximate surface area is 158 Å². The number of primary amides is 1. The van der Waals surface area contributed by atoms with Crippen LogP contribution in [0.15, 0.2) is 42.5 Å². The molecule has 146 valence electrons. The van der Waals surface area contributed by atoms with Gasteiger partial charge in [0.25, 0.3) is 0 Å². The van der Waals surface area contributed by atoms with E-state index in [4.69, 9.17) is 5.73 Å². The highest BCUT2D eigenvalue weighted by Gasteiger charge is 2.22. The number of rotatable bonds is 10. The monoisotopic (exact) mass is 376 g/mol. The van der Waals surface area contributed by atoms with E-state index in [-0.39, 0.29) is 19.4 Å². The highest BCUT2D eigenvalue weighted by Crippen LogP contribution is 2.18. The first-order valence-corrected chi connectivity index (χ1v) is 9.07. The number of halogens is 2. The summed E-state index contributed by atoms with van der Waals surface area (Å²) in [6, 6.07) is 11.3. The minimum Gasteiger partial charge on any atom is -0.391 e. The van der Waals surface area contributed by atoms with E-state index in [0.717, 1.165) is 18.1 Å². The zero-order valence-electron chi connectivity index (χ0n) is 15.4. The first kappa shape index (κ1) is 21.0. The summed E-state index contributed by atoms with van der Waals surface area (Å²) in [5.74, 6) is -2.47. The van der Waals surface area contributed by atoms with Gasteiger partial charge in [-0.1, -0.05) is 31.2 Å². The quantitative estimate of drug-likeness (QED) is 0.597. The maximum absolute atomic E-state index is 13.4. The van der Waals surface area contributed by atoms with Crippen molar-refractivity contribution in [3.63, 3.8) is 0 Å². The van der Waals surface area contributed by atoms with Crippen LogP contribution in [0.25, 0.3) is 0 Å². The molecular formula is C21H26F2N2O2. The lowest BCUT2D eigenvalue weighted by Gasteiger charge is -2.22. The molecule has 0 saturated carbocycles. The van der Waals surface area contributed by atoms with Gasteiger partial charge in [0.1, 0.15) is 11.6 Å². The van der Waals surface area contributed by atoms with Gasteiger partial charge in [-0.2, -0.15) is 0 Å². The van der Waals surface area contributed by atoms with E-state index in [9.17, 15) is 18.7 Å². The molecule has 2 aromatic rings. The molecule has 6 heteroatoms. The Morgan fingerprint density at radius 3 is 2.41 bits per heavy atom. The third-order valence-electron chi connectivity index (χ3n) is 4.51. The van der Waals surface area contributed by atoms with Crippen LogP contribution in [0, 0.1) is 17.6 Å². The van der Waals surface area contributed by atoms with Crippen LogP contribution >= 0.6 is 0 Å². The summed E-state index contributed by atoms with van der Waals surface area (Å²) in [6.45, 7) is 2.90. The first-order valence-electron chi connectivity index (χ1n) is 9.07. The molecule has 0 spiro atoms. The number of hydrogen-bond donors (Lipinski definition) is 3. The number of amides is 1. The van der Waals surface area contributed by atoms with Crippen LogP contribution in [0.3, 0.4) is 0 Å². The van der Waals surface area contributed by atoms with E-state index in [1.165, 1.54) is 17.7 Å². The van der Waals surface area contributed by atoms with Crippen molar-refractivity contribution in [1.29, 1.82) is 0 Å². The molecule has 0 aliphatic rings. The van der Waals surface area contributed by atoms with E-state index in [1.807, 2.05) is 12.1 Å².